The van der Waals surface area contributed by atoms with Crippen molar-refractivity contribution < 1.29 is 27.8 Å². The van der Waals surface area contributed by atoms with E-state index in [1.165, 1.54) is 4.90 Å². The Kier molecular flexibility index (Phi) is 5.99. The fourth-order valence-corrected chi connectivity index (χ4v) is 5.82. The van der Waals surface area contributed by atoms with Crippen molar-refractivity contribution in [3.8, 4) is 6.01 Å². The van der Waals surface area contributed by atoms with E-state index in [1.54, 1.807) is 11.9 Å². The molecule has 1 aromatic heterocycles. The molecular weight excluding hydrogens is 519 g/mol. The smallest absolute Gasteiger partial charge is 0.407 e. The summed E-state index contributed by atoms with van der Waals surface area (Å²) in [5, 5.41) is 9.46. The third-order valence-corrected chi connectivity index (χ3v) is 8.06. The van der Waals surface area contributed by atoms with Gasteiger partial charge in [0, 0.05) is 44.5 Å². The number of fused-ring (bicyclic) bond motifs is 2. The normalized spacial score (nSPS) is 26.9. The summed E-state index contributed by atoms with van der Waals surface area (Å²) in [5.41, 5.74) is -0.539. The fraction of sp³-hybridized carbons (Fsp3) is 0.591. The molecule has 0 aliphatic carbocycles. The molecule has 3 saturated heterocycles. The molecule has 0 unspecified atom stereocenters. The first kappa shape index (κ1) is 23.4. The van der Waals surface area contributed by atoms with E-state index in [0.29, 0.717) is 25.9 Å². The number of carboxylic acid groups (broad SMARTS) is 1. The van der Waals surface area contributed by atoms with Crippen LogP contribution in [0.1, 0.15) is 25.7 Å². The first-order valence-corrected chi connectivity index (χ1v) is 12.1. The first-order valence-electron chi connectivity index (χ1n) is 11.3. The summed E-state index contributed by atoms with van der Waals surface area (Å²) < 4.78 is 49.2. The second-order valence-electron chi connectivity index (χ2n) is 9.36. The number of halogens is 4. The fourth-order valence-electron chi connectivity index (χ4n) is 5.52. The maximum absolute atomic E-state index is 15.0. The first-order chi connectivity index (χ1) is 16.2. The molecule has 1 aromatic carbocycles. The number of benzene rings is 1. The maximum atomic E-state index is 15.0. The number of likely N-dealkylation sites (tertiary alicyclic amines) is 1. The summed E-state index contributed by atoms with van der Waals surface area (Å²) in [6.07, 6.45) is 0.723. The Morgan fingerprint density at radius 3 is 2.88 bits per heavy atom. The predicted octanol–water partition coefficient (Wildman–Crippen LogP) is 3.81. The number of carbonyl (C=O) groups is 1. The lowest BCUT2D eigenvalue weighted by Gasteiger charge is -2.31. The van der Waals surface area contributed by atoms with Crippen LogP contribution in [-0.4, -0.2) is 88.6 Å². The highest BCUT2D eigenvalue weighted by molar-refractivity contribution is 9.10. The number of aromatic nitrogens is 2. The highest BCUT2D eigenvalue weighted by Crippen LogP contribution is 2.41. The van der Waals surface area contributed by atoms with E-state index in [1.807, 2.05) is 0 Å². The van der Waals surface area contributed by atoms with Crippen molar-refractivity contribution in [3.63, 3.8) is 0 Å². The van der Waals surface area contributed by atoms with Gasteiger partial charge in [-0.15, -0.1) is 0 Å². The van der Waals surface area contributed by atoms with E-state index in [9.17, 15) is 18.7 Å². The van der Waals surface area contributed by atoms with Gasteiger partial charge in [0.1, 0.15) is 29.9 Å². The lowest BCUT2D eigenvalue weighted by molar-refractivity contribution is 0.107. The number of rotatable bonds is 5. The SMILES string of the molecule is CN(c1nc(OC[C@@]23CCCN2C[C@H](F)C3)nc2c(F)c(Br)c(F)cc12)[C@H]1CCN(C(=O)O)C1. The van der Waals surface area contributed by atoms with Crippen LogP contribution < -0.4 is 9.64 Å². The molecule has 0 radical (unpaired) electrons. The van der Waals surface area contributed by atoms with Crippen molar-refractivity contribution in [1.29, 1.82) is 0 Å². The maximum Gasteiger partial charge on any atom is 0.407 e. The quantitative estimate of drug-likeness (QED) is 0.574. The number of hydrogen-bond donors (Lipinski definition) is 1. The molecule has 34 heavy (non-hydrogen) atoms. The molecular formula is C22H25BrF3N5O3. The zero-order chi connectivity index (χ0) is 24.2. The van der Waals surface area contributed by atoms with Crippen molar-refractivity contribution in [1.82, 2.24) is 19.8 Å². The van der Waals surface area contributed by atoms with Gasteiger partial charge in [-0.3, -0.25) is 4.90 Å². The monoisotopic (exact) mass is 543 g/mol. The van der Waals surface area contributed by atoms with Gasteiger partial charge in [0.2, 0.25) is 0 Å². The standard InChI is InChI=1S/C22H25BrF3N5O3/c1-29(13-3-6-30(10-13)21(32)33)19-14-7-15(25)16(23)17(26)18(14)27-20(28-19)34-11-22-4-2-5-31(22)9-12(24)8-22/h7,12-13H,2-6,8-11H2,1H3,(H,32,33)/t12-,13+,22+/m1/s1. The topological polar surface area (TPSA) is 82.0 Å². The Hall–Kier alpha value is -2.34. The van der Waals surface area contributed by atoms with Gasteiger partial charge in [0.15, 0.2) is 5.82 Å². The average molecular weight is 544 g/mol. The third-order valence-electron chi connectivity index (χ3n) is 7.33. The highest BCUT2D eigenvalue weighted by Gasteiger charge is 2.49. The summed E-state index contributed by atoms with van der Waals surface area (Å²) in [6.45, 7) is 1.94. The van der Waals surface area contributed by atoms with Gasteiger partial charge >= 0.3 is 12.1 Å². The predicted molar refractivity (Wildman–Crippen MR) is 122 cm³/mol. The molecule has 2 aromatic rings. The van der Waals surface area contributed by atoms with E-state index in [4.69, 9.17) is 4.74 Å². The highest BCUT2D eigenvalue weighted by atomic mass is 79.9. The van der Waals surface area contributed by atoms with Gasteiger partial charge in [0.25, 0.3) is 0 Å². The molecule has 3 atom stereocenters. The molecule has 3 aliphatic heterocycles. The van der Waals surface area contributed by atoms with Crippen molar-refractivity contribution >= 4 is 38.7 Å². The molecule has 3 fully saturated rings. The van der Waals surface area contributed by atoms with Crippen molar-refractivity contribution in [2.45, 2.75) is 43.4 Å². The van der Waals surface area contributed by atoms with Crippen molar-refractivity contribution in [2.24, 2.45) is 0 Å². The molecule has 4 heterocycles. The molecule has 1 N–H and O–H groups in total. The number of anilines is 1. The number of amides is 1. The van der Waals surface area contributed by atoms with Crippen LogP contribution in [0.3, 0.4) is 0 Å². The van der Waals surface area contributed by atoms with Gasteiger partial charge in [-0.2, -0.15) is 9.97 Å². The van der Waals surface area contributed by atoms with E-state index in [2.05, 4.69) is 30.8 Å². The summed E-state index contributed by atoms with van der Waals surface area (Å²) in [5.74, 6) is -1.42. The number of ether oxygens (including phenoxy) is 1. The Labute approximate surface area is 202 Å². The van der Waals surface area contributed by atoms with Crippen molar-refractivity contribution in [3.05, 3.63) is 22.2 Å². The van der Waals surface area contributed by atoms with Gasteiger partial charge in [0.05, 0.1) is 10.0 Å². The summed E-state index contributed by atoms with van der Waals surface area (Å²) >= 11 is 2.93. The van der Waals surface area contributed by atoms with E-state index < -0.39 is 29.4 Å². The lowest BCUT2D eigenvalue weighted by atomic mass is 9.95. The minimum atomic E-state index is -1.02. The van der Waals surface area contributed by atoms with Crippen LogP contribution in [0.15, 0.2) is 10.5 Å². The van der Waals surface area contributed by atoms with Crippen LogP contribution in [0.2, 0.25) is 0 Å². The minimum absolute atomic E-state index is 0.0802. The summed E-state index contributed by atoms with van der Waals surface area (Å²) in [6, 6.07) is 0.843. The zero-order valence-electron chi connectivity index (χ0n) is 18.6. The van der Waals surface area contributed by atoms with Crippen LogP contribution in [-0.2, 0) is 0 Å². The minimum Gasteiger partial charge on any atom is -0.465 e. The lowest BCUT2D eigenvalue weighted by Crippen LogP contribution is -2.43. The van der Waals surface area contributed by atoms with Crippen molar-refractivity contribution in [2.75, 3.05) is 44.7 Å². The molecule has 0 bridgehead atoms. The molecule has 3 aliphatic rings. The Morgan fingerprint density at radius 2 is 2.15 bits per heavy atom. The second kappa shape index (κ2) is 8.71. The largest absolute Gasteiger partial charge is 0.465 e. The van der Waals surface area contributed by atoms with Gasteiger partial charge in [-0.1, -0.05) is 0 Å². The Morgan fingerprint density at radius 1 is 1.35 bits per heavy atom. The molecule has 0 saturated carbocycles. The third kappa shape index (κ3) is 3.94. The molecule has 8 nitrogen and oxygen atoms in total. The number of nitrogens with zero attached hydrogens (tertiary/aromatic N) is 5. The van der Waals surface area contributed by atoms with Crippen LogP contribution in [0.4, 0.5) is 23.8 Å². The van der Waals surface area contributed by atoms with E-state index in [0.717, 1.165) is 25.5 Å². The summed E-state index contributed by atoms with van der Waals surface area (Å²) in [7, 11) is 1.71. The zero-order valence-corrected chi connectivity index (χ0v) is 20.2. The van der Waals surface area contributed by atoms with Gasteiger partial charge in [-0.05, 0) is 47.8 Å². The van der Waals surface area contributed by atoms with Gasteiger partial charge in [-0.25, -0.2) is 18.0 Å². The molecule has 12 heteroatoms. The second-order valence-corrected chi connectivity index (χ2v) is 10.2. The van der Waals surface area contributed by atoms with Crippen LogP contribution in [0.25, 0.3) is 10.9 Å². The molecule has 0 spiro atoms. The Balaban J connectivity index is 1.50. The Bertz CT molecular complexity index is 1140. The van der Waals surface area contributed by atoms with Crippen LogP contribution in [0.5, 0.6) is 6.01 Å². The molecule has 5 rings (SSSR count). The number of alkyl halides is 1. The number of hydrogen-bond acceptors (Lipinski definition) is 6. The summed E-state index contributed by atoms with van der Waals surface area (Å²) in [4.78, 5) is 25.2. The number of likely N-dealkylation sites (N-methyl/N-ethyl adjacent to an activating group) is 1. The van der Waals surface area contributed by atoms with Crippen LogP contribution >= 0.6 is 15.9 Å². The van der Waals surface area contributed by atoms with Gasteiger partial charge < -0.3 is 19.6 Å². The average Bonchev–Trinajstić information content (AvgIpc) is 3.50. The van der Waals surface area contributed by atoms with Crippen LogP contribution in [0, 0.1) is 11.6 Å². The van der Waals surface area contributed by atoms with E-state index in [-0.39, 0.29) is 46.4 Å². The van der Waals surface area contributed by atoms with E-state index >= 15 is 4.39 Å². The molecule has 1 amide bonds. The molecule has 184 valence electrons.